The number of benzene rings is 2. The van der Waals surface area contributed by atoms with E-state index in [4.69, 9.17) is 21.1 Å². The van der Waals surface area contributed by atoms with Crippen LogP contribution in [0.1, 0.15) is 36.7 Å². The largest absolute Gasteiger partial charge is 0.506 e. The van der Waals surface area contributed by atoms with Gasteiger partial charge in [0.15, 0.2) is 11.5 Å². The first-order chi connectivity index (χ1) is 11.7. The van der Waals surface area contributed by atoms with Crippen LogP contribution in [-0.4, -0.2) is 25.2 Å². The summed E-state index contributed by atoms with van der Waals surface area (Å²) in [6, 6.07) is 8.18. The SMILES string of the molecule is COc1cc(C(=O)Nc2cc(C(C)(C)C)ccc2O)cc(Cl)c1OC. The monoisotopic (exact) mass is 363 g/mol. The average molecular weight is 364 g/mol. The zero-order valence-corrected chi connectivity index (χ0v) is 15.7. The maximum absolute atomic E-state index is 12.6. The first-order valence-corrected chi connectivity index (χ1v) is 8.11. The van der Waals surface area contributed by atoms with E-state index in [1.165, 1.54) is 26.4 Å². The van der Waals surface area contributed by atoms with Crippen LogP contribution in [-0.2, 0) is 5.41 Å². The summed E-state index contributed by atoms with van der Waals surface area (Å²) >= 11 is 6.14. The molecule has 2 rings (SSSR count). The van der Waals surface area contributed by atoms with Crippen LogP contribution < -0.4 is 14.8 Å². The quantitative estimate of drug-likeness (QED) is 0.778. The number of rotatable bonds is 4. The molecule has 5 nitrogen and oxygen atoms in total. The summed E-state index contributed by atoms with van der Waals surface area (Å²) < 4.78 is 10.4. The molecule has 0 fully saturated rings. The first-order valence-electron chi connectivity index (χ1n) is 7.73. The molecule has 0 aliphatic rings. The Morgan fingerprint density at radius 3 is 2.36 bits per heavy atom. The Morgan fingerprint density at radius 2 is 1.80 bits per heavy atom. The Kier molecular flexibility index (Phi) is 5.48. The standard InChI is InChI=1S/C19H22ClNO4/c1-19(2,3)12-6-7-15(22)14(10-12)21-18(23)11-8-13(20)17(25-5)16(9-11)24-4/h6-10,22H,1-5H3,(H,21,23). The van der Waals surface area contributed by atoms with E-state index in [0.29, 0.717) is 22.7 Å². The van der Waals surface area contributed by atoms with Gasteiger partial charge in [0.25, 0.3) is 5.91 Å². The molecule has 134 valence electrons. The predicted octanol–water partition coefficient (Wildman–Crippen LogP) is 4.61. The number of nitrogens with one attached hydrogen (secondary N) is 1. The third-order valence-corrected chi connectivity index (χ3v) is 4.09. The minimum absolute atomic E-state index is 0.00655. The second-order valence-electron chi connectivity index (χ2n) is 6.63. The molecule has 0 saturated heterocycles. The number of ether oxygens (including phenoxy) is 2. The molecular formula is C19H22ClNO4. The summed E-state index contributed by atoms with van der Waals surface area (Å²) in [6.45, 7) is 6.16. The van der Waals surface area contributed by atoms with Gasteiger partial charge in [0.05, 0.1) is 24.9 Å². The van der Waals surface area contributed by atoms with Crippen LogP contribution in [0.2, 0.25) is 5.02 Å². The fraction of sp³-hybridized carbons (Fsp3) is 0.316. The summed E-state index contributed by atoms with van der Waals surface area (Å²) in [4.78, 5) is 12.6. The van der Waals surface area contributed by atoms with Crippen molar-refractivity contribution in [3.8, 4) is 17.2 Å². The summed E-state index contributed by atoms with van der Waals surface area (Å²) in [7, 11) is 2.94. The van der Waals surface area contributed by atoms with Crippen molar-refractivity contribution in [2.75, 3.05) is 19.5 Å². The Bertz CT molecular complexity index is 797. The van der Waals surface area contributed by atoms with E-state index in [1.807, 2.05) is 6.07 Å². The molecule has 0 heterocycles. The van der Waals surface area contributed by atoms with E-state index >= 15 is 0 Å². The van der Waals surface area contributed by atoms with Crippen LogP contribution in [0, 0.1) is 0 Å². The summed E-state index contributed by atoms with van der Waals surface area (Å²) in [5, 5.41) is 13.0. The van der Waals surface area contributed by atoms with Gasteiger partial charge in [0.1, 0.15) is 5.75 Å². The maximum Gasteiger partial charge on any atom is 0.255 e. The number of carbonyl (C=O) groups is 1. The van der Waals surface area contributed by atoms with Gasteiger partial charge in [-0.05, 0) is 35.2 Å². The number of aromatic hydroxyl groups is 1. The third kappa shape index (κ3) is 4.17. The number of hydrogen-bond donors (Lipinski definition) is 2. The zero-order valence-electron chi connectivity index (χ0n) is 14.9. The van der Waals surface area contributed by atoms with Crippen LogP contribution in [0.3, 0.4) is 0 Å². The van der Waals surface area contributed by atoms with Crippen LogP contribution in [0.4, 0.5) is 5.69 Å². The van der Waals surface area contributed by atoms with Crippen LogP contribution >= 0.6 is 11.6 Å². The molecular weight excluding hydrogens is 342 g/mol. The summed E-state index contributed by atoms with van der Waals surface area (Å²) in [5.41, 5.74) is 1.51. The first kappa shape index (κ1) is 18.9. The van der Waals surface area contributed by atoms with Gasteiger partial charge >= 0.3 is 0 Å². The van der Waals surface area contributed by atoms with E-state index in [0.717, 1.165) is 5.56 Å². The van der Waals surface area contributed by atoms with Gasteiger partial charge in [-0.2, -0.15) is 0 Å². The van der Waals surface area contributed by atoms with Gasteiger partial charge in [-0.1, -0.05) is 38.4 Å². The molecule has 0 unspecified atom stereocenters. The highest BCUT2D eigenvalue weighted by Crippen LogP contribution is 2.37. The summed E-state index contributed by atoms with van der Waals surface area (Å²) in [6.07, 6.45) is 0. The fourth-order valence-electron chi connectivity index (χ4n) is 2.35. The molecule has 0 aliphatic heterocycles. The number of phenolic OH excluding ortho intramolecular Hbond substituents is 1. The normalized spacial score (nSPS) is 11.1. The van der Waals surface area contributed by atoms with Crippen LogP contribution in [0.15, 0.2) is 30.3 Å². The molecule has 0 spiro atoms. The Morgan fingerprint density at radius 1 is 1.12 bits per heavy atom. The van der Waals surface area contributed by atoms with Gasteiger partial charge in [-0.15, -0.1) is 0 Å². The molecule has 2 aromatic carbocycles. The van der Waals surface area contributed by atoms with Crippen molar-refractivity contribution in [2.45, 2.75) is 26.2 Å². The molecule has 0 aliphatic carbocycles. The molecule has 2 aromatic rings. The molecule has 1 amide bonds. The number of carbonyl (C=O) groups excluding carboxylic acids is 1. The second kappa shape index (κ2) is 7.23. The lowest BCUT2D eigenvalue weighted by Gasteiger charge is -2.20. The predicted molar refractivity (Wildman–Crippen MR) is 99.3 cm³/mol. The average Bonchev–Trinajstić information content (AvgIpc) is 2.54. The smallest absolute Gasteiger partial charge is 0.255 e. The van der Waals surface area contributed by atoms with E-state index in [9.17, 15) is 9.90 Å². The second-order valence-corrected chi connectivity index (χ2v) is 7.04. The molecule has 0 radical (unpaired) electrons. The number of halogens is 1. The van der Waals surface area contributed by atoms with Crippen molar-refractivity contribution < 1.29 is 19.4 Å². The lowest BCUT2D eigenvalue weighted by molar-refractivity contribution is 0.102. The molecule has 0 atom stereocenters. The van der Waals surface area contributed by atoms with Crippen molar-refractivity contribution >= 4 is 23.2 Å². The Hall–Kier alpha value is -2.40. The van der Waals surface area contributed by atoms with E-state index in [-0.39, 0.29) is 16.2 Å². The third-order valence-electron chi connectivity index (χ3n) is 3.81. The van der Waals surface area contributed by atoms with Gasteiger partial charge in [-0.25, -0.2) is 0 Å². The number of methoxy groups -OCH3 is 2. The molecule has 2 N–H and O–H groups in total. The van der Waals surface area contributed by atoms with Crippen LogP contribution in [0.25, 0.3) is 0 Å². The van der Waals surface area contributed by atoms with Gasteiger partial charge in [0.2, 0.25) is 0 Å². The highest BCUT2D eigenvalue weighted by molar-refractivity contribution is 6.32. The highest BCUT2D eigenvalue weighted by Gasteiger charge is 2.19. The fourth-order valence-corrected chi connectivity index (χ4v) is 2.63. The van der Waals surface area contributed by atoms with Crippen molar-refractivity contribution in [2.24, 2.45) is 0 Å². The molecule has 0 aromatic heterocycles. The number of phenols is 1. The van der Waals surface area contributed by atoms with Crippen molar-refractivity contribution in [1.82, 2.24) is 0 Å². The summed E-state index contributed by atoms with van der Waals surface area (Å²) in [5.74, 6) is 0.295. The Balaban J connectivity index is 2.36. The lowest BCUT2D eigenvalue weighted by atomic mass is 9.87. The van der Waals surface area contributed by atoms with Crippen molar-refractivity contribution in [3.63, 3.8) is 0 Å². The number of anilines is 1. The minimum Gasteiger partial charge on any atom is -0.506 e. The van der Waals surface area contributed by atoms with Gasteiger partial charge in [0, 0.05) is 5.56 Å². The van der Waals surface area contributed by atoms with Gasteiger partial charge < -0.3 is 19.9 Å². The molecule has 6 heteroatoms. The number of hydrogen-bond acceptors (Lipinski definition) is 4. The van der Waals surface area contributed by atoms with Crippen molar-refractivity contribution in [3.05, 3.63) is 46.5 Å². The minimum atomic E-state index is -0.413. The Labute approximate surface area is 152 Å². The zero-order chi connectivity index (χ0) is 18.8. The van der Waals surface area contributed by atoms with E-state index < -0.39 is 5.91 Å². The van der Waals surface area contributed by atoms with Gasteiger partial charge in [-0.3, -0.25) is 4.79 Å². The van der Waals surface area contributed by atoms with Crippen molar-refractivity contribution in [1.29, 1.82) is 0 Å². The number of amides is 1. The highest BCUT2D eigenvalue weighted by atomic mass is 35.5. The van der Waals surface area contributed by atoms with E-state index in [2.05, 4.69) is 26.1 Å². The topological polar surface area (TPSA) is 67.8 Å². The van der Waals surface area contributed by atoms with E-state index in [1.54, 1.807) is 12.1 Å². The molecule has 25 heavy (non-hydrogen) atoms. The van der Waals surface area contributed by atoms with Crippen LogP contribution in [0.5, 0.6) is 17.2 Å². The lowest BCUT2D eigenvalue weighted by Crippen LogP contribution is -2.15. The molecule has 0 saturated carbocycles. The maximum atomic E-state index is 12.6. The molecule has 0 bridgehead atoms.